The molecular weight excluding hydrogens is 352 g/mol. The van der Waals surface area contributed by atoms with Gasteiger partial charge in [0, 0.05) is 19.3 Å². The van der Waals surface area contributed by atoms with Crippen LogP contribution in [-0.4, -0.2) is 25.2 Å². The van der Waals surface area contributed by atoms with E-state index in [0.717, 1.165) is 18.3 Å². The number of carbonyl (C=O) groups excluding carboxylic acids is 2. The second-order valence-corrected chi connectivity index (χ2v) is 10.1. The normalized spacial score (nSPS) is 41.7. The summed E-state index contributed by atoms with van der Waals surface area (Å²) in [5.74, 6) is 2.29. The Labute approximate surface area is 170 Å². The van der Waals surface area contributed by atoms with Crippen molar-refractivity contribution in [3.63, 3.8) is 0 Å². The number of hydrogen-bond acceptors (Lipinski definition) is 4. The summed E-state index contributed by atoms with van der Waals surface area (Å²) in [6.07, 6.45) is 10.7. The van der Waals surface area contributed by atoms with Crippen LogP contribution in [0.15, 0.2) is 11.6 Å². The number of esters is 2. The third-order valence-corrected chi connectivity index (χ3v) is 8.46. The van der Waals surface area contributed by atoms with Crippen LogP contribution < -0.4 is 0 Å². The fourth-order valence-corrected chi connectivity index (χ4v) is 7.15. The predicted molar refractivity (Wildman–Crippen MR) is 110 cm³/mol. The maximum Gasteiger partial charge on any atom is 0.302 e. The first kappa shape index (κ1) is 21.4. The SMILES string of the molecule is CC(=O)OC/C=C1\CC[C@H]2[C@@H](CC[C@H]3[C@](C)(COC(C)=O)CCC[C@]23C)[C@H]1C. The molecule has 0 aromatic heterocycles. The van der Waals surface area contributed by atoms with Crippen LogP contribution in [0.3, 0.4) is 0 Å². The van der Waals surface area contributed by atoms with Gasteiger partial charge in [-0.1, -0.05) is 32.8 Å². The van der Waals surface area contributed by atoms with E-state index in [1.54, 1.807) is 0 Å². The molecule has 158 valence electrons. The lowest BCUT2D eigenvalue weighted by Gasteiger charge is -2.62. The molecule has 6 atom stereocenters. The first-order valence-corrected chi connectivity index (χ1v) is 11.1. The lowest BCUT2D eigenvalue weighted by molar-refractivity contribution is -0.161. The van der Waals surface area contributed by atoms with Crippen LogP contribution in [0.2, 0.25) is 0 Å². The molecule has 0 saturated heterocycles. The molecule has 0 unspecified atom stereocenters. The van der Waals surface area contributed by atoms with E-state index in [1.165, 1.54) is 57.9 Å². The van der Waals surface area contributed by atoms with Crippen LogP contribution >= 0.6 is 0 Å². The average Bonchev–Trinajstić information content (AvgIpc) is 2.62. The molecule has 0 amide bonds. The summed E-state index contributed by atoms with van der Waals surface area (Å²) in [6, 6.07) is 0. The number of rotatable bonds is 4. The molecule has 3 aliphatic carbocycles. The van der Waals surface area contributed by atoms with Gasteiger partial charge in [0.05, 0.1) is 6.61 Å². The van der Waals surface area contributed by atoms with Crippen molar-refractivity contribution in [2.45, 2.75) is 79.6 Å². The molecular formula is C24H38O4. The molecule has 4 nitrogen and oxygen atoms in total. The third kappa shape index (κ3) is 4.02. The molecule has 4 heteroatoms. The van der Waals surface area contributed by atoms with E-state index in [9.17, 15) is 9.59 Å². The summed E-state index contributed by atoms with van der Waals surface area (Å²) in [5.41, 5.74) is 1.92. The van der Waals surface area contributed by atoms with E-state index in [-0.39, 0.29) is 17.4 Å². The first-order chi connectivity index (χ1) is 13.2. The Hall–Kier alpha value is -1.32. The fourth-order valence-electron chi connectivity index (χ4n) is 7.15. The summed E-state index contributed by atoms with van der Waals surface area (Å²) in [6.45, 7) is 11.2. The molecule has 3 saturated carbocycles. The largest absolute Gasteiger partial charge is 0.465 e. The molecule has 0 bridgehead atoms. The van der Waals surface area contributed by atoms with Crippen molar-refractivity contribution in [2.24, 2.45) is 34.5 Å². The van der Waals surface area contributed by atoms with Crippen molar-refractivity contribution < 1.29 is 19.1 Å². The van der Waals surface area contributed by atoms with Crippen molar-refractivity contribution >= 4 is 11.9 Å². The molecule has 3 aliphatic rings. The third-order valence-electron chi connectivity index (χ3n) is 8.46. The van der Waals surface area contributed by atoms with Gasteiger partial charge >= 0.3 is 11.9 Å². The smallest absolute Gasteiger partial charge is 0.302 e. The standard InChI is InChI=1S/C24H38O4/c1-16-19(11-14-27-17(2)25)7-9-21-20(16)8-10-22-23(4,15-28-18(3)26)12-6-13-24(21,22)5/h11,16,20-22H,6-10,12-15H2,1-5H3/b19-11+/t16-,20-,21-,22-,23-,24+/m0/s1. The quantitative estimate of drug-likeness (QED) is 0.482. The number of ether oxygens (including phenoxy) is 2. The minimum Gasteiger partial charge on any atom is -0.465 e. The predicted octanol–water partition coefficient (Wildman–Crippen LogP) is 5.31. The second kappa shape index (κ2) is 8.20. The molecule has 0 aromatic rings. The zero-order chi connectivity index (χ0) is 20.5. The van der Waals surface area contributed by atoms with Crippen LogP contribution in [0.4, 0.5) is 0 Å². The zero-order valence-corrected chi connectivity index (χ0v) is 18.4. The van der Waals surface area contributed by atoms with Crippen LogP contribution in [0.1, 0.15) is 79.6 Å². The highest BCUT2D eigenvalue weighted by molar-refractivity contribution is 5.66. The average molecular weight is 391 g/mol. The van der Waals surface area contributed by atoms with E-state index in [4.69, 9.17) is 9.47 Å². The Bertz CT molecular complexity index is 639. The van der Waals surface area contributed by atoms with Gasteiger partial charge < -0.3 is 9.47 Å². The van der Waals surface area contributed by atoms with Crippen LogP contribution in [0.25, 0.3) is 0 Å². The van der Waals surface area contributed by atoms with Gasteiger partial charge in [0.1, 0.15) is 6.61 Å². The Morgan fingerprint density at radius 2 is 1.79 bits per heavy atom. The molecule has 3 rings (SSSR count). The zero-order valence-electron chi connectivity index (χ0n) is 18.4. The highest BCUT2D eigenvalue weighted by Crippen LogP contribution is 2.65. The molecule has 0 heterocycles. The molecule has 0 spiro atoms. The van der Waals surface area contributed by atoms with Crippen molar-refractivity contribution in [1.29, 1.82) is 0 Å². The van der Waals surface area contributed by atoms with Gasteiger partial charge in [-0.05, 0) is 73.7 Å². The highest BCUT2D eigenvalue weighted by atomic mass is 16.5. The molecule has 3 fully saturated rings. The van der Waals surface area contributed by atoms with E-state index >= 15 is 0 Å². The highest BCUT2D eigenvalue weighted by Gasteiger charge is 2.57. The van der Waals surface area contributed by atoms with Gasteiger partial charge in [0.25, 0.3) is 0 Å². The molecule has 0 radical (unpaired) electrons. The van der Waals surface area contributed by atoms with E-state index in [1.807, 2.05) is 0 Å². The molecule has 0 aliphatic heterocycles. The van der Waals surface area contributed by atoms with E-state index in [0.29, 0.717) is 30.5 Å². The lowest BCUT2D eigenvalue weighted by atomic mass is 9.43. The second-order valence-electron chi connectivity index (χ2n) is 10.1. The summed E-state index contributed by atoms with van der Waals surface area (Å²) in [5, 5.41) is 0. The summed E-state index contributed by atoms with van der Waals surface area (Å²) in [7, 11) is 0. The minimum atomic E-state index is -0.208. The number of fused-ring (bicyclic) bond motifs is 3. The molecule has 0 N–H and O–H groups in total. The molecule has 28 heavy (non-hydrogen) atoms. The summed E-state index contributed by atoms with van der Waals surface area (Å²) >= 11 is 0. The van der Waals surface area contributed by atoms with Crippen LogP contribution in [0.5, 0.6) is 0 Å². The van der Waals surface area contributed by atoms with Crippen molar-refractivity contribution in [1.82, 2.24) is 0 Å². The van der Waals surface area contributed by atoms with Gasteiger partial charge in [0.2, 0.25) is 0 Å². The van der Waals surface area contributed by atoms with Crippen molar-refractivity contribution in [3.05, 3.63) is 11.6 Å². The monoisotopic (exact) mass is 390 g/mol. The van der Waals surface area contributed by atoms with Gasteiger partial charge in [-0.25, -0.2) is 0 Å². The molecule has 0 aromatic carbocycles. The number of allylic oxidation sites excluding steroid dienone is 1. The first-order valence-electron chi connectivity index (χ1n) is 11.1. The topological polar surface area (TPSA) is 52.6 Å². The number of carbonyl (C=O) groups is 2. The minimum absolute atomic E-state index is 0.109. The maximum absolute atomic E-state index is 11.4. The lowest BCUT2D eigenvalue weighted by Crippen LogP contribution is -2.55. The van der Waals surface area contributed by atoms with Gasteiger partial charge in [-0.15, -0.1) is 0 Å². The van der Waals surface area contributed by atoms with E-state index in [2.05, 4.69) is 26.8 Å². The summed E-state index contributed by atoms with van der Waals surface area (Å²) in [4.78, 5) is 22.5. The van der Waals surface area contributed by atoms with Gasteiger partial charge in [-0.3, -0.25) is 9.59 Å². The van der Waals surface area contributed by atoms with Crippen LogP contribution in [0, 0.1) is 34.5 Å². The Morgan fingerprint density at radius 3 is 2.46 bits per heavy atom. The van der Waals surface area contributed by atoms with Crippen molar-refractivity contribution in [2.75, 3.05) is 13.2 Å². The van der Waals surface area contributed by atoms with Crippen molar-refractivity contribution in [3.8, 4) is 0 Å². The summed E-state index contributed by atoms with van der Waals surface area (Å²) < 4.78 is 10.7. The Kier molecular flexibility index (Phi) is 6.26. The van der Waals surface area contributed by atoms with E-state index < -0.39 is 0 Å². The van der Waals surface area contributed by atoms with Gasteiger partial charge in [0.15, 0.2) is 0 Å². The maximum atomic E-state index is 11.4. The van der Waals surface area contributed by atoms with Gasteiger partial charge in [-0.2, -0.15) is 0 Å². The Balaban J connectivity index is 1.76. The number of hydrogen-bond donors (Lipinski definition) is 0. The Morgan fingerprint density at radius 1 is 1.07 bits per heavy atom. The van der Waals surface area contributed by atoms with Crippen LogP contribution in [-0.2, 0) is 19.1 Å². The fraction of sp³-hybridized carbons (Fsp3) is 0.833.